The topological polar surface area (TPSA) is 46.4 Å². The number of rotatable bonds is 4. The van der Waals surface area contributed by atoms with E-state index in [0.29, 0.717) is 11.2 Å². The number of nitrogens with one attached hydrogen (secondary N) is 2. The predicted molar refractivity (Wildman–Crippen MR) is 69.7 cm³/mol. The fourth-order valence-corrected chi connectivity index (χ4v) is 3.03. The van der Waals surface area contributed by atoms with E-state index in [0.717, 1.165) is 42.8 Å². The van der Waals surface area contributed by atoms with E-state index < -0.39 is 12.0 Å². The third-order valence-electron chi connectivity index (χ3n) is 3.13. The Bertz CT molecular complexity index is 525. The van der Waals surface area contributed by atoms with Gasteiger partial charge in [-0.25, -0.2) is 4.98 Å². The van der Waals surface area contributed by atoms with Crippen LogP contribution in [0.1, 0.15) is 17.5 Å². The van der Waals surface area contributed by atoms with E-state index >= 15 is 0 Å². The molecule has 1 aromatic rings. The van der Waals surface area contributed by atoms with Crippen molar-refractivity contribution in [1.82, 2.24) is 4.98 Å². The Morgan fingerprint density at radius 1 is 1.55 bits per heavy atom. The van der Waals surface area contributed by atoms with Gasteiger partial charge in [0, 0.05) is 18.7 Å². The predicted octanol–water partition coefficient (Wildman–Crippen LogP) is 1.16. The molecule has 1 aliphatic heterocycles. The van der Waals surface area contributed by atoms with Gasteiger partial charge < -0.3 is 10.2 Å². The number of allylic oxidation sites excluding steroid dienone is 1. The lowest BCUT2D eigenvalue weighted by Gasteiger charge is -2.20. The maximum atomic E-state index is 12.0. The number of fused-ring (bicyclic) bond motifs is 1. The number of ketones is 1. The molecule has 2 N–H and O–H groups in total. The van der Waals surface area contributed by atoms with Gasteiger partial charge in [-0.15, -0.1) is 0 Å². The highest BCUT2D eigenvalue weighted by Crippen LogP contribution is 2.24. The minimum absolute atomic E-state index is 0.476. The van der Waals surface area contributed by atoms with Gasteiger partial charge >= 0.3 is 6.18 Å². The highest BCUT2D eigenvalue weighted by molar-refractivity contribution is 7.15. The molecule has 0 aliphatic carbocycles. The SMILES string of the molecule is CC[NH+]1CCc2nc(N/C=C/C(=O)C(F)(F)F)sc2C1. The number of alkyl halides is 3. The number of hydrogen-bond donors (Lipinski definition) is 2. The van der Waals surface area contributed by atoms with E-state index in [4.69, 9.17) is 0 Å². The van der Waals surface area contributed by atoms with Crippen molar-refractivity contribution in [2.45, 2.75) is 26.1 Å². The molecule has 1 atom stereocenters. The first-order valence-corrected chi connectivity index (χ1v) is 7.08. The normalized spacial score (nSPS) is 19.1. The van der Waals surface area contributed by atoms with Crippen LogP contribution in [-0.2, 0) is 17.8 Å². The van der Waals surface area contributed by atoms with Gasteiger partial charge in [0.25, 0.3) is 5.78 Å². The van der Waals surface area contributed by atoms with Crippen LogP contribution in [0.25, 0.3) is 0 Å². The summed E-state index contributed by atoms with van der Waals surface area (Å²) in [6.07, 6.45) is -2.48. The first-order valence-electron chi connectivity index (χ1n) is 6.26. The summed E-state index contributed by atoms with van der Waals surface area (Å²) in [5, 5.41) is 3.16. The van der Waals surface area contributed by atoms with Gasteiger partial charge in [0.2, 0.25) is 0 Å². The lowest BCUT2D eigenvalue weighted by Crippen LogP contribution is -3.11. The number of nitrogens with zero attached hydrogens (tertiary/aromatic N) is 1. The molecule has 0 fully saturated rings. The summed E-state index contributed by atoms with van der Waals surface area (Å²) in [5.74, 6) is -1.88. The average molecular weight is 306 g/mol. The van der Waals surface area contributed by atoms with Gasteiger partial charge in [-0.3, -0.25) is 4.79 Å². The number of halogens is 3. The smallest absolute Gasteiger partial charge is 0.338 e. The molecule has 1 unspecified atom stereocenters. The van der Waals surface area contributed by atoms with Crippen LogP contribution in [0, 0.1) is 0 Å². The number of aromatic nitrogens is 1. The quantitative estimate of drug-likeness (QED) is 0.821. The Morgan fingerprint density at radius 2 is 2.30 bits per heavy atom. The molecule has 1 aliphatic rings. The summed E-state index contributed by atoms with van der Waals surface area (Å²) in [7, 11) is 0. The average Bonchev–Trinajstić information content (AvgIpc) is 2.78. The number of carbonyl (C=O) groups is 1. The van der Waals surface area contributed by atoms with Crippen molar-refractivity contribution in [2.75, 3.05) is 18.4 Å². The highest BCUT2D eigenvalue weighted by atomic mass is 32.1. The van der Waals surface area contributed by atoms with Gasteiger partial charge in [-0.2, -0.15) is 13.2 Å². The molecule has 8 heteroatoms. The van der Waals surface area contributed by atoms with E-state index in [1.54, 1.807) is 0 Å². The molecule has 2 rings (SSSR count). The first kappa shape index (κ1) is 15.0. The van der Waals surface area contributed by atoms with E-state index in [2.05, 4.69) is 17.2 Å². The van der Waals surface area contributed by atoms with E-state index in [1.165, 1.54) is 16.2 Å². The Hall–Kier alpha value is -1.41. The van der Waals surface area contributed by atoms with Crippen LogP contribution in [-0.4, -0.2) is 30.0 Å². The van der Waals surface area contributed by atoms with Crippen molar-refractivity contribution in [1.29, 1.82) is 0 Å². The molecule has 20 heavy (non-hydrogen) atoms. The zero-order valence-electron chi connectivity index (χ0n) is 10.9. The Balaban J connectivity index is 1.97. The van der Waals surface area contributed by atoms with Crippen LogP contribution in [0.3, 0.4) is 0 Å². The van der Waals surface area contributed by atoms with Crippen LogP contribution < -0.4 is 10.2 Å². The van der Waals surface area contributed by atoms with Crippen molar-refractivity contribution in [2.24, 2.45) is 0 Å². The fraction of sp³-hybridized carbons (Fsp3) is 0.500. The third kappa shape index (κ3) is 3.57. The number of thiazole rings is 1. The number of carbonyl (C=O) groups excluding carboxylic acids is 1. The first-order chi connectivity index (χ1) is 9.40. The number of anilines is 1. The largest absolute Gasteiger partial charge is 0.454 e. The van der Waals surface area contributed by atoms with Crippen molar-refractivity contribution in [3.8, 4) is 0 Å². The zero-order chi connectivity index (χ0) is 14.8. The zero-order valence-corrected chi connectivity index (χ0v) is 11.7. The maximum absolute atomic E-state index is 12.0. The van der Waals surface area contributed by atoms with Crippen molar-refractivity contribution in [3.63, 3.8) is 0 Å². The summed E-state index contributed by atoms with van der Waals surface area (Å²) < 4.78 is 36.0. The minimum Gasteiger partial charge on any atom is -0.338 e. The molecule has 0 saturated carbocycles. The summed E-state index contributed by atoms with van der Waals surface area (Å²) in [6, 6.07) is 0. The second kappa shape index (κ2) is 5.92. The number of hydrogen-bond acceptors (Lipinski definition) is 4. The van der Waals surface area contributed by atoms with Crippen LogP contribution in [0.5, 0.6) is 0 Å². The highest BCUT2D eigenvalue weighted by Gasteiger charge is 2.36. The molecule has 0 aromatic carbocycles. The molecule has 4 nitrogen and oxygen atoms in total. The second-order valence-electron chi connectivity index (χ2n) is 4.51. The molecular formula is C12H15F3N3OS+. The maximum Gasteiger partial charge on any atom is 0.454 e. The van der Waals surface area contributed by atoms with Gasteiger partial charge in [0.05, 0.1) is 23.7 Å². The third-order valence-corrected chi connectivity index (χ3v) is 4.15. The van der Waals surface area contributed by atoms with Crippen LogP contribution in [0.4, 0.5) is 18.3 Å². The second-order valence-corrected chi connectivity index (χ2v) is 5.59. The van der Waals surface area contributed by atoms with Gasteiger partial charge in [0.15, 0.2) is 5.13 Å². The molecule has 0 saturated heterocycles. The van der Waals surface area contributed by atoms with Crippen LogP contribution in [0.2, 0.25) is 0 Å². The van der Waals surface area contributed by atoms with Crippen molar-refractivity contribution < 1.29 is 22.9 Å². The Kier molecular flexibility index (Phi) is 4.44. The molecule has 0 spiro atoms. The molecule has 110 valence electrons. The monoisotopic (exact) mass is 306 g/mol. The molecule has 0 radical (unpaired) electrons. The van der Waals surface area contributed by atoms with E-state index in [-0.39, 0.29) is 0 Å². The molecule has 0 amide bonds. The standard InChI is InChI=1S/C12H14F3N3OS/c1-2-18-6-4-8-9(7-18)20-11(17-8)16-5-3-10(19)12(13,14)15/h3,5H,2,4,6-7H2,1H3,(H,16,17)/p+1/b5-3+. The summed E-state index contributed by atoms with van der Waals surface area (Å²) in [5.41, 5.74) is 1.00. The minimum atomic E-state index is -4.83. The Labute approximate surface area is 118 Å². The molecule has 0 bridgehead atoms. The van der Waals surface area contributed by atoms with Gasteiger partial charge in [-0.1, -0.05) is 11.3 Å². The van der Waals surface area contributed by atoms with Gasteiger partial charge in [-0.05, 0) is 6.92 Å². The molecule has 2 heterocycles. The van der Waals surface area contributed by atoms with Crippen LogP contribution in [0.15, 0.2) is 12.3 Å². The van der Waals surface area contributed by atoms with E-state index in [1.807, 2.05) is 0 Å². The van der Waals surface area contributed by atoms with Crippen LogP contribution >= 0.6 is 11.3 Å². The molecular weight excluding hydrogens is 291 g/mol. The fourth-order valence-electron chi connectivity index (χ4n) is 1.97. The Morgan fingerprint density at radius 3 is 2.95 bits per heavy atom. The number of likely N-dealkylation sites (N-methyl/N-ethyl adjacent to an activating group) is 1. The van der Waals surface area contributed by atoms with Crippen molar-refractivity contribution in [3.05, 3.63) is 22.8 Å². The lowest BCUT2D eigenvalue weighted by molar-refractivity contribution is -0.913. The lowest BCUT2D eigenvalue weighted by atomic mass is 10.2. The number of quaternary nitrogens is 1. The van der Waals surface area contributed by atoms with E-state index in [9.17, 15) is 18.0 Å². The molecule has 1 aromatic heterocycles. The summed E-state index contributed by atoms with van der Waals surface area (Å²) in [6.45, 7) is 5.08. The van der Waals surface area contributed by atoms with Crippen molar-refractivity contribution >= 4 is 22.3 Å². The summed E-state index contributed by atoms with van der Waals surface area (Å²) >= 11 is 1.43. The van der Waals surface area contributed by atoms with Gasteiger partial charge in [0.1, 0.15) is 6.54 Å². The summed E-state index contributed by atoms with van der Waals surface area (Å²) in [4.78, 5) is 17.6.